The topological polar surface area (TPSA) is 20.3 Å². The lowest BCUT2D eigenvalue weighted by molar-refractivity contribution is -0.125. The molecule has 1 heterocycles. The Morgan fingerprint density at radius 1 is 1.33 bits per heavy atom. The van der Waals surface area contributed by atoms with Crippen LogP contribution in [0.15, 0.2) is 0 Å². The van der Waals surface area contributed by atoms with Crippen LogP contribution < -0.4 is 0 Å². The lowest BCUT2D eigenvalue weighted by Crippen LogP contribution is -2.38. The van der Waals surface area contributed by atoms with Crippen LogP contribution in [-0.4, -0.2) is 30.3 Å². The largest absolute Gasteiger partial charge is 0.302 e. The second kappa shape index (κ2) is 5.11. The van der Waals surface area contributed by atoms with Gasteiger partial charge >= 0.3 is 0 Å². The maximum atomic E-state index is 11.5. The van der Waals surface area contributed by atoms with Crippen LogP contribution in [0.3, 0.4) is 0 Å². The van der Waals surface area contributed by atoms with E-state index in [4.69, 9.17) is 0 Å². The highest BCUT2D eigenvalue weighted by atomic mass is 16.1. The molecule has 1 aliphatic rings. The van der Waals surface area contributed by atoms with Gasteiger partial charge in [0.25, 0.3) is 0 Å². The summed E-state index contributed by atoms with van der Waals surface area (Å²) in [5.74, 6) is 1.16. The molecule has 0 aromatic rings. The first-order valence-electron chi connectivity index (χ1n) is 6.15. The summed E-state index contributed by atoms with van der Waals surface area (Å²) in [6.45, 7) is 11.4. The molecule has 1 unspecified atom stereocenters. The molecule has 2 nitrogen and oxygen atoms in total. The fourth-order valence-electron chi connectivity index (χ4n) is 2.15. The van der Waals surface area contributed by atoms with Gasteiger partial charge in [0.05, 0.1) is 0 Å². The standard InChI is InChI=1S/C13H25NO/c1-11-6-5-8-14(9-7-11)10-13(3,4)12(2)15/h11H,5-10H2,1-4H3. The van der Waals surface area contributed by atoms with E-state index in [1.54, 1.807) is 6.92 Å². The van der Waals surface area contributed by atoms with Crippen LogP contribution in [0.25, 0.3) is 0 Å². The number of hydrogen-bond donors (Lipinski definition) is 0. The van der Waals surface area contributed by atoms with Gasteiger partial charge in [0.2, 0.25) is 0 Å². The molecule has 0 N–H and O–H groups in total. The Balaban J connectivity index is 2.47. The highest BCUT2D eigenvalue weighted by molar-refractivity contribution is 5.81. The maximum absolute atomic E-state index is 11.5. The number of Topliss-reactive ketones (excluding diaryl/α,β-unsaturated/α-hetero) is 1. The van der Waals surface area contributed by atoms with Crippen LogP contribution in [0.4, 0.5) is 0 Å². The third-order valence-corrected chi connectivity index (χ3v) is 3.68. The minimum Gasteiger partial charge on any atom is -0.302 e. The summed E-state index contributed by atoms with van der Waals surface area (Å²) in [6, 6.07) is 0. The van der Waals surface area contributed by atoms with Crippen LogP contribution >= 0.6 is 0 Å². The summed E-state index contributed by atoms with van der Waals surface area (Å²) in [5.41, 5.74) is -0.173. The minimum atomic E-state index is -0.173. The van der Waals surface area contributed by atoms with E-state index in [2.05, 4.69) is 25.7 Å². The number of hydrogen-bond acceptors (Lipinski definition) is 2. The second-order valence-electron chi connectivity index (χ2n) is 5.75. The molecule has 1 aliphatic heterocycles. The van der Waals surface area contributed by atoms with Crippen LogP contribution in [-0.2, 0) is 4.79 Å². The van der Waals surface area contributed by atoms with Gasteiger partial charge in [-0.05, 0) is 45.2 Å². The lowest BCUT2D eigenvalue weighted by atomic mass is 9.88. The zero-order chi connectivity index (χ0) is 11.5. The monoisotopic (exact) mass is 211 g/mol. The number of ketones is 1. The van der Waals surface area contributed by atoms with Crippen molar-refractivity contribution in [2.75, 3.05) is 19.6 Å². The highest BCUT2D eigenvalue weighted by Gasteiger charge is 2.27. The van der Waals surface area contributed by atoms with Crippen LogP contribution in [0.2, 0.25) is 0 Å². The van der Waals surface area contributed by atoms with Crippen molar-refractivity contribution in [2.24, 2.45) is 11.3 Å². The van der Waals surface area contributed by atoms with E-state index in [1.807, 2.05) is 0 Å². The molecule has 2 heteroatoms. The van der Waals surface area contributed by atoms with E-state index in [9.17, 15) is 4.79 Å². The van der Waals surface area contributed by atoms with Gasteiger partial charge in [0, 0.05) is 12.0 Å². The third-order valence-electron chi connectivity index (χ3n) is 3.68. The molecule has 0 radical (unpaired) electrons. The average Bonchev–Trinajstić information content (AvgIpc) is 2.30. The molecular formula is C13H25NO. The molecule has 0 aromatic carbocycles. The zero-order valence-corrected chi connectivity index (χ0v) is 10.7. The third kappa shape index (κ3) is 3.94. The first-order valence-corrected chi connectivity index (χ1v) is 6.15. The van der Waals surface area contributed by atoms with Crippen molar-refractivity contribution in [3.05, 3.63) is 0 Å². The minimum absolute atomic E-state index is 0.173. The molecule has 88 valence electrons. The van der Waals surface area contributed by atoms with Gasteiger partial charge in [0.1, 0.15) is 5.78 Å². The lowest BCUT2D eigenvalue weighted by Gasteiger charge is -2.30. The zero-order valence-electron chi connectivity index (χ0n) is 10.7. The van der Waals surface area contributed by atoms with E-state index in [0.717, 1.165) is 19.0 Å². The molecule has 0 bridgehead atoms. The van der Waals surface area contributed by atoms with E-state index in [-0.39, 0.29) is 5.41 Å². The molecular weight excluding hydrogens is 186 g/mol. The fourth-order valence-corrected chi connectivity index (χ4v) is 2.15. The first kappa shape index (κ1) is 12.7. The Labute approximate surface area is 94.0 Å². The number of nitrogens with zero attached hydrogens (tertiary/aromatic N) is 1. The Kier molecular flexibility index (Phi) is 4.32. The molecule has 1 rings (SSSR count). The van der Waals surface area contributed by atoms with Crippen molar-refractivity contribution in [2.45, 2.75) is 47.0 Å². The van der Waals surface area contributed by atoms with E-state index >= 15 is 0 Å². The van der Waals surface area contributed by atoms with Crippen LogP contribution in [0.5, 0.6) is 0 Å². The second-order valence-corrected chi connectivity index (χ2v) is 5.75. The van der Waals surface area contributed by atoms with Gasteiger partial charge in [-0.25, -0.2) is 0 Å². The molecule has 0 spiro atoms. The van der Waals surface area contributed by atoms with E-state index < -0.39 is 0 Å². The average molecular weight is 211 g/mol. The quantitative estimate of drug-likeness (QED) is 0.715. The van der Waals surface area contributed by atoms with Crippen molar-refractivity contribution in [3.63, 3.8) is 0 Å². The maximum Gasteiger partial charge on any atom is 0.136 e. The summed E-state index contributed by atoms with van der Waals surface area (Å²) in [7, 11) is 0. The van der Waals surface area contributed by atoms with Crippen molar-refractivity contribution in [1.82, 2.24) is 4.90 Å². The number of carbonyl (C=O) groups excluding carboxylic acids is 1. The van der Waals surface area contributed by atoms with Gasteiger partial charge in [-0.3, -0.25) is 4.79 Å². The summed E-state index contributed by atoms with van der Waals surface area (Å²) in [6.07, 6.45) is 3.92. The summed E-state index contributed by atoms with van der Waals surface area (Å²) < 4.78 is 0. The number of likely N-dealkylation sites (tertiary alicyclic amines) is 1. The van der Waals surface area contributed by atoms with Crippen LogP contribution in [0.1, 0.15) is 47.0 Å². The Morgan fingerprint density at radius 2 is 2.00 bits per heavy atom. The van der Waals surface area contributed by atoms with E-state index in [0.29, 0.717) is 5.78 Å². The molecule has 0 saturated carbocycles. The molecule has 1 fully saturated rings. The summed E-state index contributed by atoms with van der Waals surface area (Å²) in [4.78, 5) is 13.9. The number of carbonyl (C=O) groups is 1. The van der Waals surface area contributed by atoms with Crippen molar-refractivity contribution in [1.29, 1.82) is 0 Å². The molecule has 15 heavy (non-hydrogen) atoms. The molecule has 0 aliphatic carbocycles. The Hall–Kier alpha value is -0.370. The van der Waals surface area contributed by atoms with Crippen molar-refractivity contribution < 1.29 is 4.79 Å². The Bertz CT molecular complexity index is 223. The van der Waals surface area contributed by atoms with Gasteiger partial charge in [-0.1, -0.05) is 20.8 Å². The summed E-state index contributed by atoms with van der Waals surface area (Å²) in [5, 5.41) is 0. The SMILES string of the molecule is CC(=O)C(C)(C)CN1CCCC(C)CC1. The normalized spacial score (nSPS) is 24.9. The van der Waals surface area contributed by atoms with Crippen molar-refractivity contribution in [3.8, 4) is 0 Å². The first-order chi connectivity index (χ1) is 6.92. The molecule has 1 saturated heterocycles. The van der Waals surface area contributed by atoms with Gasteiger partial charge in [-0.2, -0.15) is 0 Å². The van der Waals surface area contributed by atoms with Crippen LogP contribution in [0, 0.1) is 11.3 Å². The van der Waals surface area contributed by atoms with Gasteiger partial charge in [-0.15, -0.1) is 0 Å². The molecule has 0 aromatic heterocycles. The predicted octanol–water partition coefficient (Wildman–Crippen LogP) is 2.72. The van der Waals surface area contributed by atoms with Crippen molar-refractivity contribution >= 4 is 5.78 Å². The van der Waals surface area contributed by atoms with Gasteiger partial charge in [0.15, 0.2) is 0 Å². The van der Waals surface area contributed by atoms with E-state index in [1.165, 1.54) is 25.8 Å². The molecule has 0 amide bonds. The van der Waals surface area contributed by atoms with Gasteiger partial charge < -0.3 is 4.90 Å². The smallest absolute Gasteiger partial charge is 0.136 e. The fraction of sp³-hybridized carbons (Fsp3) is 0.923. The molecule has 1 atom stereocenters. The predicted molar refractivity (Wildman–Crippen MR) is 63.9 cm³/mol. The summed E-state index contributed by atoms with van der Waals surface area (Å²) >= 11 is 0. The Morgan fingerprint density at radius 3 is 2.60 bits per heavy atom. The highest BCUT2D eigenvalue weighted by Crippen LogP contribution is 2.22. The number of rotatable bonds is 3.